The van der Waals surface area contributed by atoms with Gasteiger partial charge in [-0.2, -0.15) is 0 Å². The average molecular weight is 479 g/mol. The van der Waals surface area contributed by atoms with Crippen LogP contribution in [0.4, 0.5) is 10.1 Å². The molecule has 9 heteroatoms. The van der Waals surface area contributed by atoms with Gasteiger partial charge in [-0.3, -0.25) is 13.9 Å². The number of anilines is 1. The smallest absolute Gasteiger partial charge is 0.322 e. The van der Waals surface area contributed by atoms with Gasteiger partial charge in [0.25, 0.3) is 5.91 Å². The molecule has 0 unspecified atom stereocenters. The van der Waals surface area contributed by atoms with Crippen molar-refractivity contribution in [2.45, 2.75) is 19.5 Å². The summed E-state index contributed by atoms with van der Waals surface area (Å²) in [7, 11) is -3.10. The summed E-state index contributed by atoms with van der Waals surface area (Å²) >= 11 is 0. The molecule has 174 valence electrons. The first-order valence-corrected chi connectivity index (χ1v) is 12.7. The van der Waals surface area contributed by atoms with Gasteiger partial charge in [0.15, 0.2) is 0 Å². The van der Waals surface area contributed by atoms with Gasteiger partial charge in [0.2, 0.25) is 0 Å². The molecule has 1 fully saturated rings. The van der Waals surface area contributed by atoms with Gasteiger partial charge < -0.3 is 14.4 Å². The second-order valence-electron chi connectivity index (χ2n) is 8.11. The fourth-order valence-corrected chi connectivity index (χ4v) is 5.70. The number of fused-ring (bicyclic) bond motifs is 1. The minimum Gasteiger partial charge on any atom is -0.322 e. The van der Waals surface area contributed by atoms with Crippen molar-refractivity contribution in [3.05, 3.63) is 89.5 Å². The number of aryl methyl sites for hydroxylation is 1. The van der Waals surface area contributed by atoms with E-state index in [1.807, 2.05) is 11.5 Å². The Balaban J connectivity index is 1.35. The number of amides is 1. The van der Waals surface area contributed by atoms with Gasteiger partial charge in [0.1, 0.15) is 11.6 Å². The number of hydrogen-bond acceptors (Lipinski definition) is 5. The van der Waals surface area contributed by atoms with Crippen LogP contribution in [0.5, 0.6) is 0 Å². The zero-order chi connectivity index (χ0) is 23.7. The molecule has 3 aromatic carbocycles. The number of carbonyl (C=O) groups is 1. The van der Waals surface area contributed by atoms with E-state index in [9.17, 15) is 13.8 Å². The van der Waals surface area contributed by atoms with E-state index in [1.165, 1.54) is 12.1 Å². The third-order valence-corrected chi connectivity index (χ3v) is 7.53. The number of benzene rings is 3. The highest BCUT2D eigenvalue weighted by molar-refractivity contribution is 7.53. The van der Waals surface area contributed by atoms with Crippen LogP contribution >= 0.6 is 7.60 Å². The number of nitrogens with zero attached hydrogens (tertiary/aromatic N) is 2. The van der Waals surface area contributed by atoms with Gasteiger partial charge in [0.05, 0.1) is 30.4 Å². The molecule has 0 saturated carbocycles. The summed E-state index contributed by atoms with van der Waals surface area (Å²) in [6, 6.07) is 18.5. The Hall–Kier alpha value is -3.32. The van der Waals surface area contributed by atoms with Crippen LogP contribution in [0, 0.1) is 12.7 Å². The van der Waals surface area contributed by atoms with Crippen LogP contribution in [0.25, 0.3) is 16.7 Å². The summed E-state index contributed by atoms with van der Waals surface area (Å²) in [5.74, 6) is 0.147. The summed E-state index contributed by atoms with van der Waals surface area (Å²) in [6.45, 7) is 2.74. The van der Waals surface area contributed by atoms with Crippen molar-refractivity contribution in [3.63, 3.8) is 0 Å². The average Bonchev–Trinajstić information content (AvgIpc) is 3.16. The SMILES string of the molecule is Cc1nc2ccc(C(=O)Nc3ccc(CP4(=O)OCCCO4)cc3)cc2n1-c1ccc(F)cc1. The molecule has 0 atom stereocenters. The number of carbonyl (C=O) groups excluding carboxylic acids is 1. The number of aromatic nitrogens is 2. The fraction of sp³-hybridized carbons (Fsp3) is 0.200. The second kappa shape index (κ2) is 9.14. The molecule has 0 radical (unpaired) electrons. The van der Waals surface area contributed by atoms with Crippen LogP contribution < -0.4 is 5.32 Å². The van der Waals surface area contributed by atoms with E-state index in [1.54, 1.807) is 54.6 Å². The van der Waals surface area contributed by atoms with E-state index in [0.717, 1.165) is 34.5 Å². The molecule has 2 heterocycles. The molecule has 34 heavy (non-hydrogen) atoms. The first-order chi connectivity index (χ1) is 16.4. The monoisotopic (exact) mass is 479 g/mol. The quantitative estimate of drug-likeness (QED) is 0.363. The first-order valence-electron chi connectivity index (χ1n) is 10.9. The van der Waals surface area contributed by atoms with E-state index in [0.29, 0.717) is 24.5 Å². The van der Waals surface area contributed by atoms with Crippen LogP contribution in [0.1, 0.15) is 28.2 Å². The lowest BCUT2D eigenvalue weighted by Crippen LogP contribution is -2.12. The van der Waals surface area contributed by atoms with Gasteiger partial charge in [-0.05, 0) is 73.5 Å². The predicted octanol–water partition coefficient (Wildman–Crippen LogP) is 5.86. The Morgan fingerprint density at radius 3 is 2.47 bits per heavy atom. The standard InChI is InChI=1S/C25H23FN3O4P/c1-17-27-23-12-5-19(15-24(23)29(17)22-10-6-20(26)7-11-22)25(30)28-21-8-3-18(4-9-21)16-34(31)32-13-2-14-33-34/h3-12,15H,2,13-14,16H2,1H3,(H,28,30). The molecule has 1 aliphatic rings. The van der Waals surface area contributed by atoms with Crippen molar-refractivity contribution < 1.29 is 22.8 Å². The Kier molecular flexibility index (Phi) is 6.04. The Morgan fingerprint density at radius 1 is 1.06 bits per heavy atom. The maximum Gasteiger partial charge on any atom is 0.335 e. The van der Waals surface area contributed by atoms with Gasteiger partial charge in [-0.1, -0.05) is 12.1 Å². The Labute approximate surface area is 196 Å². The zero-order valence-electron chi connectivity index (χ0n) is 18.5. The maximum absolute atomic E-state index is 13.4. The van der Waals surface area contributed by atoms with Crippen LogP contribution in [0.2, 0.25) is 0 Å². The molecule has 1 amide bonds. The number of hydrogen-bond donors (Lipinski definition) is 1. The largest absolute Gasteiger partial charge is 0.335 e. The lowest BCUT2D eigenvalue weighted by molar-refractivity contribution is 0.102. The molecule has 0 bridgehead atoms. The Bertz CT molecular complexity index is 1390. The molecule has 0 aliphatic carbocycles. The Morgan fingerprint density at radius 2 is 1.76 bits per heavy atom. The van der Waals surface area contributed by atoms with Crippen molar-refractivity contribution >= 4 is 30.2 Å². The van der Waals surface area contributed by atoms with E-state index in [4.69, 9.17) is 9.05 Å². The number of halogens is 1. The maximum atomic E-state index is 13.4. The van der Waals surface area contributed by atoms with E-state index < -0.39 is 7.60 Å². The van der Waals surface area contributed by atoms with E-state index in [-0.39, 0.29) is 17.9 Å². The first kappa shape index (κ1) is 22.5. The molecule has 1 aliphatic heterocycles. The van der Waals surface area contributed by atoms with Crippen molar-refractivity contribution in [1.82, 2.24) is 9.55 Å². The second-order valence-corrected chi connectivity index (χ2v) is 10.2. The molecular formula is C25H23FN3O4P. The number of rotatable bonds is 5. The lowest BCUT2D eigenvalue weighted by atomic mass is 10.1. The summed E-state index contributed by atoms with van der Waals surface area (Å²) < 4.78 is 38.5. The lowest BCUT2D eigenvalue weighted by Gasteiger charge is -2.22. The molecular weight excluding hydrogens is 456 g/mol. The van der Waals surface area contributed by atoms with Gasteiger partial charge in [0, 0.05) is 16.9 Å². The van der Waals surface area contributed by atoms with Gasteiger partial charge in [-0.15, -0.1) is 0 Å². The van der Waals surface area contributed by atoms with Crippen molar-refractivity contribution in [2.24, 2.45) is 0 Å². The number of nitrogens with one attached hydrogen (secondary N) is 1. The molecule has 7 nitrogen and oxygen atoms in total. The molecule has 0 spiro atoms. The summed E-state index contributed by atoms with van der Waals surface area (Å²) in [4.78, 5) is 17.5. The molecule has 1 saturated heterocycles. The highest BCUT2D eigenvalue weighted by Gasteiger charge is 2.28. The summed E-state index contributed by atoms with van der Waals surface area (Å²) in [5, 5.41) is 2.89. The topological polar surface area (TPSA) is 82.5 Å². The van der Waals surface area contributed by atoms with Crippen LogP contribution in [-0.4, -0.2) is 28.7 Å². The third-order valence-electron chi connectivity index (χ3n) is 5.62. The molecule has 4 aromatic rings. The van der Waals surface area contributed by atoms with E-state index >= 15 is 0 Å². The van der Waals surface area contributed by atoms with Gasteiger partial charge in [-0.25, -0.2) is 9.37 Å². The van der Waals surface area contributed by atoms with Crippen molar-refractivity contribution in [1.29, 1.82) is 0 Å². The van der Waals surface area contributed by atoms with Crippen LogP contribution in [0.15, 0.2) is 66.7 Å². The van der Waals surface area contributed by atoms with E-state index in [2.05, 4.69) is 10.3 Å². The minimum atomic E-state index is -3.10. The number of imidazole rings is 1. The minimum absolute atomic E-state index is 0.199. The highest BCUT2D eigenvalue weighted by Crippen LogP contribution is 2.53. The van der Waals surface area contributed by atoms with Crippen LogP contribution in [0.3, 0.4) is 0 Å². The fourth-order valence-electron chi connectivity index (χ4n) is 3.97. The predicted molar refractivity (Wildman–Crippen MR) is 128 cm³/mol. The molecule has 5 rings (SSSR count). The van der Waals surface area contributed by atoms with Crippen LogP contribution in [-0.2, 0) is 19.8 Å². The zero-order valence-corrected chi connectivity index (χ0v) is 19.4. The molecule has 1 N–H and O–H groups in total. The highest BCUT2D eigenvalue weighted by atomic mass is 31.2. The summed E-state index contributed by atoms with van der Waals surface area (Å²) in [5.41, 5.74) is 4.14. The van der Waals surface area contributed by atoms with Crippen molar-refractivity contribution in [3.8, 4) is 5.69 Å². The normalized spacial score (nSPS) is 15.4. The third kappa shape index (κ3) is 4.66. The van der Waals surface area contributed by atoms with Crippen molar-refractivity contribution in [2.75, 3.05) is 18.5 Å². The summed E-state index contributed by atoms with van der Waals surface area (Å²) in [6.07, 6.45) is 0.940. The molecule has 1 aromatic heterocycles. The van der Waals surface area contributed by atoms with Gasteiger partial charge >= 0.3 is 7.60 Å².